The predicted octanol–water partition coefficient (Wildman–Crippen LogP) is -1.74. The minimum absolute atomic E-state index is 0.250. The SMILES string of the molecule is O=[N+]([O-])c1ccc(C=[As][C@H]2[C@@H](O)[C@H](O)[C@@H](CO)O[C@@H]2O)o1. The van der Waals surface area contributed by atoms with Crippen molar-refractivity contribution < 1.29 is 34.5 Å². The number of aliphatic hydroxyl groups is 4. The first kappa shape index (κ1) is 16.3. The van der Waals surface area contributed by atoms with Gasteiger partial charge in [-0.1, -0.05) is 0 Å². The van der Waals surface area contributed by atoms with Crippen LogP contribution in [0.1, 0.15) is 5.76 Å². The van der Waals surface area contributed by atoms with Gasteiger partial charge in [0.15, 0.2) is 0 Å². The second-order valence-electron chi connectivity index (χ2n) is 4.43. The number of rotatable bonds is 4. The summed E-state index contributed by atoms with van der Waals surface area (Å²) in [6.45, 7) is -0.521. The molecule has 0 unspecified atom stereocenters. The first-order valence-corrected chi connectivity index (χ1v) is 8.18. The molecule has 4 N–H and O–H groups in total. The Balaban J connectivity index is 2.10. The summed E-state index contributed by atoms with van der Waals surface area (Å²) in [7, 11) is 0. The third-order valence-corrected chi connectivity index (χ3v) is 5.78. The number of aliphatic hydroxyl groups excluding tert-OH is 4. The van der Waals surface area contributed by atoms with Crippen LogP contribution in [0, 0.1) is 10.1 Å². The predicted molar refractivity (Wildman–Crippen MR) is 70.0 cm³/mol. The fraction of sp³-hybridized carbons (Fsp3) is 0.545. The molecular weight excluding hydrogens is 349 g/mol. The van der Waals surface area contributed by atoms with E-state index in [0.717, 1.165) is 0 Å². The van der Waals surface area contributed by atoms with E-state index in [0.29, 0.717) is 0 Å². The van der Waals surface area contributed by atoms with E-state index in [1.807, 2.05) is 0 Å². The van der Waals surface area contributed by atoms with Crippen molar-refractivity contribution in [1.29, 1.82) is 0 Å². The van der Waals surface area contributed by atoms with Crippen LogP contribution in [0.2, 0.25) is 4.71 Å². The van der Waals surface area contributed by atoms with E-state index in [1.165, 1.54) is 16.9 Å². The summed E-state index contributed by atoms with van der Waals surface area (Å²) in [6, 6.07) is 2.61. The van der Waals surface area contributed by atoms with Crippen LogP contribution in [0.4, 0.5) is 5.88 Å². The average Bonchev–Trinajstić information content (AvgIpc) is 2.91. The Kier molecular flexibility index (Phi) is 5.26. The van der Waals surface area contributed by atoms with Gasteiger partial charge in [-0.25, -0.2) is 0 Å². The third-order valence-electron chi connectivity index (χ3n) is 3.03. The Morgan fingerprint density at radius 2 is 2.05 bits per heavy atom. The molecule has 10 heteroatoms. The van der Waals surface area contributed by atoms with Crippen LogP contribution in [0.5, 0.6) is 0 Å². The summed E-state index contributed by atoms with van der Waals surface area (Å²) in [5, 5.41) is 48.9. The van der Waals surface area contributed by atoms with Gasteiger partial charge in [0.05, 0.1) is 0 Å². The van der Waals surface area contributed by atoms with Gasteiger partial charge >= 0.3 is 124 Å². The molecule has 1 saturated heterocycles. The van der Waals surface area contributed by atoms with Gasteiger partial charge in [0.25, 0.3) is 0 Å². The van der Waals surface area contributed by atoms with Crippen molar-refractivity contribution in [3.8, 4) is 0 Å². The molecule has 0 radical (unpaired) electrons. The van der Waals surface area contributed by atoms with Crippen LogP contribution >= 0.6 is 0 Å². The molecule has 0 bridgehead atoms. The number of hydrogen-bond donors (Lipinski definition) is 4. The Bertz CT molecular complexity index is 532. The second kappa shape index (κ2) is 6.78. The maximum atomic E-state index is 10.5. The molecule has 0 amide bonds. The average molecular weight is 363 g/mol. The van der Waals surface area contributed by atoms with Crippen molar-refractivity contribution >= 4 is 26.0 Å². The molecule has 1 aliphatic rings. The summed E-state index contributed by atoms with van der Waals surface area (Å²) in [4.78, 5) is 11.4. The van der Waals surface area contributed by atoms with Gasteiger partial charge in [0.1, 0.15) is 0 Å². The molecule has 21 heavy (non-hydrogen) atoms. The van der Waals surface area contributed by atoms with Crippen LogP contribution in [-0.4, -0.2) is 76.7 Å². The number of hydrogen-bond acceptors (Lipinski definition) is 8. The summed E-state index contributed by atoms with van der Waals surface area (Å²) in [5.74, 6) is -0.149. The zero-order valence-electron chi connectivity index (χ0n) is 10.6. The molecule has 1 aliphatic heterocycles. The number of ether oxygens (including phenoxy) is 1. The monoisotopic (exact) mass is 363 g/mol. The molecule has 116 valence electrons. The molecule has 9 nitrogen and oxygen atoms in total. The van der Waals surface area contributed by atoms with E-state index < -0.39 is 62.0 Å². The first-order chi connectivity index (χ1) is 9.93. The molecule has 1 fully saturated rings. The van der Waals surface area contributed by atoms with E-state index in [4.69, 9.17) is 14.3 Å². The third kappa shape index (κ3) is 3.57. The van der Waals surface area contributed by atoms with Crippen LogP contribution in [0.3, 0.4) is 0 Å². The van der Waals surface area contributed by atoms with Gasteiger partial charge < -0.3 is 0 Å². The summed E-state index contributed by atoms with van der Waals surface area (Å²) < 4.78 is 9.21. The van der Waals surface area contributed by atoms with Crippen molar-refractivity contribution in [2.45, 2.75) is 29.3 Å². The zero-order valence-corrected chi connectivity index (χ0v) is 12.5. The van der Waals surface area contributed by atoms with Crippen molar-refractivity contribution in [3.63, 3.8) is 0 Å². The Morgan fingerprint density at radius 1 is 1.33 bits per heavy atom. The first-order valence-electron chi connectivity index (χ1n) is 6.02. The molecule has 1 aromatic heterocycles. The molecule has 1 aromatic rings. The fourth-order valence-corrected chi connectivity index (χ4v) is 4.07. The Labute approximate surface area is 125 Å². The van der Waals surface area contributed by atoms with Crippen LogP contribution in [0.25, 0.3) is 0 Å². The summed E-state index contributed by atoms with van der Waals surface area (Å²) in [6.07, 6.45) is -4.94. The van der Waals surface area contributed by atoms with E-state index in [-0.39, 0.29) is 5.76 Å². The molecule has 0 aromatic carbocycles. The Morgan fingerprint density at radius 3 is 2.62 bits per heavy atom. The second-order valence-corrected chi connectivity index (χ2v) is 6.85. The van der Waals surface area contributed by atoms with Crippen LogP contribution in [-0.2, 0) is 4.74 Å². The van der Waals surface area contributed by atoms with E-state index in [1.54, 1.807) is 0 Å². The van der Waals surface area contributed by atoms with E-state index >= 15 is 0 Å². The van der Waals surface area contributed by atoms with Crippen molar-refractivity contribution in [3.05, 3.63) is 28.0 Å². The molecule has 2 rings (SSSR count). The normalized spacial score (nSPS) is 33.4. The quantitative estimate of drug-likeness (QED) is 0.280. The van der Waals surface area contributed by atoms with Crippen LogP contribution < -0.4 is 0 Å². The standard InChI is InChI=1S/C11H14AsNO8/c14-4-6-9(15)10(16)8(11(17)21-6)12-3-5-1-2-7(20-5)13(18)19/h1-3,6,8-11,14-17H,4H2/t6-,8+,9-,10-,11+/m1/s1. The number of nitro groups is 1. The molecule has 2 heterocycles. The Hall–Kier alpha value is -1.09. The van der Waals surface area contributed by atoms with Gasteiger partial charge in [-0.3, -0.25) is 0 Å². The number of furan rings is 1. The van der Waals surface area contributed by atoms with Crippen molar-refractivity contribution in [2.24, 2.45) is 0 Å². The van der Waals surface area contributed by atoms with Gasteiger partial charge in [-0.2, -0.15) is 0 Å². The summed E-state index contributed by atoms with van der Waals surface area (Å²) in [5.41, 5.74) is 0. The van der Waals surface area contributed by atoms with Gasteiger partial charge in [-0.15, -0.1) is 0 Å². The van der Waals surface area contributed by atoms with Crippen LogP contribution in [0.15, 0.2) is 16.5 Å². The van der Waals surface area contributed by atoms with Gasteiger partial charge in [-0.05, 0) is 0 Å². The van der Waals surface area contributed by atoms with Gasteiger partial charge in [0.2, 0.25) is 0 Å². The molecule has 5 atom stereocenters. The topological polar surface area (TPSA) is 146 Å². The van der Waals surface area contributed by atoms with Crippen molar-refractivity contribution in [1.82, 2.24) is 0 Å². The van der Waals surface area contributed by atoms with E-state index in [2.05, 4.69) is 0 Å². The van der Waals surface area contributed by atoms with Crippen molar-refractivity contribution in [2.75, 3.05) is 6.61 Å². The number of nitrogens with zero attached hydrogens (tertiary/aromatic N) is 1. The van der Waals surface area contributed by atoms with E-state index in [9.17, 15) is 25.4 Å². The molecular formula is C11H14AsNO8. The fourth-order valence-electron chi connectivity index (χ4n) is 1.91. The zero-order chi connectivity index (χ0) is 15.6. The molecule has 0 spiro atoms. The molecule has 0 aliphatic carbocycles. The van der Waals surface area contributed by atoms with Gasteiger partial charge in [0, 0.05) is 0 Å². The maximum absolute atomic E-state index is 10.5. The molecule has 0 saturated carbocycles. The summed E-state index contributed by atoms with van der Waals surface area (Å²) >= 11 is -0.860. The minimum atomic E-state index is -1.33.